The summed E-state index contributed by atoms with van der Waals surface area (Å²) >= 11 is 0. The number of benzene rings is 3. The van der Waals surface area contributed by atoms with E-state index >= 15 is 0 Å². The van der Waals surface area contributed by atoms with Crippen molar-refractivity contribution in [2.45, 2.75) is 6.54 Å². The highest BCUT2D eigenvalue weighted by Crippen LogP contribution is 2.34. The fraction of sp³-hybridized carbons (Fsp3) is 0.0400. The number of rotatable bonds is 5. The first-order chi connectivity index (χ1) is 15.2. The van der Waals surface area contributed by atoms with Gasteiger partial charge in [-0.2, -0.15) is 0 Å². The summed E-state index contributed by atoms with van der Waals surface area (Å²) in [6.45, 7) is 0.462. The highest BCUT2D eigenvalue weighted by Gasteiger charge is 2.15. The van der Waals surface area contributed by atoms with E-state index in [1.165, 1.54) is 0 Å². The van der Waals surface area contributed by atoms with Crippen LogP contribution in [0.15, 0.2) is 91.3 Å². The molecule has 0 saturated carbocycles. The summed E-state index contributed by atoms with van der Waals surface area (Å²) in [4.78, 5) is 4.45. The minimum Gasteiger partial charge on any atom is -0.457 e. The average molecular weight is 407 g/mol. The number of ether oxygens (including phenoxy) is 1. The van der Waals surface area contributed by atoms with Crippen molar-refractivity contribution in [1.82, 2.24) is 14.8 Å². The summed E-state index contributed by atoms with van der Waals surface area (Å²) in [5, 5.41) is 5.45. The van der Waals surface area contributed by atoms with Crippen molar-refractivity contribution in [1.29, 1.82) is 0 Å². The first kappa shape index (κ1) is 18.8. The van der Waals surface area contributed by atoms with Crippen molar-refractivity contribution in [3.63, 3.8) is 0 Å². The molecule has 0 atom stereocenters. The molecule has 31 heavy (non-hydrogen) atoms. The molecular formula is C25H21N5O. The Morgan fingerprint density at radius 2 is 1.61 bits per heavy atom. The molecule has 152 valence electrons. The largest absolute Gasteiger partial charge is 0.457 e. The molecule has 0 aliphatic heterocycles. The Hall–Kier alpha value is -4.16. The Bertz CT molecular complexity index is 1340. The highest BCUT2D eigenvalue weighted by atomic mass is 16.5. The second-order valence-electron chi connectivity index (χ2n) is 7.19. The van der Waals surface area contributed by atoms with E-state index in [0.717, 1.165) is 44.8 Å². The van der Waals surface area contributed by atoms with E-state index in [9.17, 15) is 0 Å². The van der Waals surface area contributed by atoms with Gasteiger partial charge in [0.25, 0.3) is 0 Å². The van der Waals surface area contributed by atoms with Gasteiger partial charge < -0.3 is 16.2 Å². The lowest BCUT2D eigenvalue weighted by Crippen LogP contribution is -2.01. The molecule has 0 spiro atoms. The van der Waals surface area contributed by atoms with Gasteiger partial charge in [0.2, 0.25) is 0 Å². The van der Waals surface area contributed by atoms with Crippen molar-refractivity contribution >= 4 is 16.7 Å². The smallest absolute Gasteiger partial charge is 0.154 e. The molecular weight excluding hydrogens is 386 g/mol. The number of hydrogen-bond donors (Lipinski definition) is 2. The highest BCUT2D eigenvalue weighted by molar-refractivity contribution is 6.01. The van der Waals surface area contributed by atoms with E-state index in [4.69, 9.17) is 16.2 Å². The quantitative estimate of drug-likeness (QED) is 0.431. The van der Waals surface area contributed by atoms with Crippen LogP contribution in [-0.2, 0) is 6.54 Å². The van der Waals surface area contributed by atoms with Crippen molar-refractivity contribution in [2.24, 2.45) is 5.73 Å². The van der Waals surface area contributed by atoms with Gasteiger partial charge in [0.05, 0.1) is 22.8 Å². The van der Waals surface area contributed by atoms with Gasteiger partial charge in [-0.1, -0.05) is 42.5 Å². The third kappa shape index (κ3) is 3.60. The maximum Gasteiger partial charge on any atom is 0.154 e. The molecule has 4 N–H and O–H groups in total. The zero-order valence-corrected chi connectivity index (χ0v) is 16.8. The predicted octanol–water partition coefficient (Wildman–Crippen LogP) is 4.92. The summed E-state index contributed by atoms with van der Waals surface area (Å²) < 4.78 is 7.71. The van der Waals surface area contributed by atoms with Gasteiger partial charge in [-0.05, 0) is 47.5 Å². The maximum absolute atomic E-state index is 6.35. The van der Waals surface area contributed by atoms with E-state index in [1.807, 2.05) is 89.7 Å². The fourth-order valence-corrected chi connectivity index (χ4v) is 3.65. The van der Waals surface area contributed by atoms with Gasteiger partial charge in [0.1, 0.15) is 11.5 Å². The monoisotopic (exact) mass is 407 g/mol. The number of nitrogen functional groups attached to an aromatic ring is 1. The molecule has 0 saturated heterocycles. The van der Waals surface area contributed by atoms with Gasteiger partial charge >= 0.3 is 0 Å². The third-order valence-electron chi connectivity index (χ3n) is 5.15. The van der Waals surface area contributed by atoms with Crippen LogP contribution in [-0.4, -0.2) is 14.8 Å². The predicted molar refractivity (Wildman–Crippen MR) is 123 cm³/mol. The summed E-state index contributed by atoms with van der Waals surface area (Å²) in [7, 11) is 0. The van der Waals surface area contributed by atoms with Crippen LogP contribution in [0.1, 0.15) is 5.56 Å². The molecule has 0 amide bonds. The lowest BCUT2D eigenvalue weighted by Gasteiger charge is -2.08. The van der Waals surface area contributed by atoms with E-state index in [1.54, 1.807) is 6.20 Å². The molecule has 0 aliphatic carbocycles. The molecule has 2 heterocycles. The number of fused-ring (bicyclic) bond motifs is 1. The topological polar surface area (TPSA) is 92.0 Å². The Kier molecular flexibility index (Phi) is 4.82. The molecule has 3 aromatic carbocycles. The zero-order valence-electron chi connectivity index (χ0n) is 16.8. The number of nitrogens with zero attached hydrogens (tertiary/aromatic N) is 3. The summed E-state index contributed by atoms with van der Waals surface area (Å²) in [6.07, 6.45) is 3.60. The number of nitrogens with two attached hydrogens (primary N) is 2. The molecule has 0 aliphatic rings. The summed E-state index contributed by atoms with van der Waals surface area (Å²) in [5.41, 5.74) is 16.8. The Morgan fingerprint density at radius 3 is 2.39 bits per heavy atom. The number of hydrogen-bond acceptors (Lipinski definition) is 5. The fourth-order valence-electron chi connectivity index (χ4n) is 3.65. The molecule has 6 heteroatoms. The van der Waals surface area contributed by atoms with Crippen LogP contribution in [0.4, 0.5) is 5.82 Å². The van der Waals surface area contributed by atoms with Gasteiger partial charge in [-0.15, -0.1) is 5.10 Å². The normalized spacial score (nSPS) is 11.0. The minimum absolute atomic E-state index is 0.454. The third-order valence-corrected chi connectivity index (χ3v) is 5.15. The number of para-hydroxylation sites is 1. The molecule has 0 fully saturated rings. The van der Waals surface area contributed by atoms with Crippen LogP contribution < -0.4 is 16.2 Å². The van der Waals surface area contributed by atoms with Crippen LogP contribution in [0.2, 0.25) is 0 Å². The van der Waals surface area contributed by atoms with Crippen LogP contribution >= 0.6 is 0 Å². The van der Waals surface area contributed by atoms with Crippen LogP contribution in [0.5, 0.6) is 11.5 Å². The van der Waals surface area contributed by atoms with Gasteiger partial charge in [-0.25, -0.2) is 4.68 Å². The lowest BCUT2D eigenvalue weighted by atomic mass is 10.0. The summed E-state index contributed by atoms with van der Waals surface area (Å²) in [6, 6.07) is 25.5. The van der Waals surface area contributed by atoms with Crippen LogP contribution in [0.3, 0.4) is 0 Å². The molecule has 0 unspecified atom stereocenters. The zero-order chi connectivity index (χ0) is 21.2. The second kappa shape index (κ2) is 7.93. The molecule has 0 radical (unpaired) electrons. The van der Waals surface area contributed by atoms with Crippen molar-refractivity contribution < 1.29 is 4.74 Å². The number of pyridine rings is 1. The van der Waals surface area contributed by atoms with Gasteiger partial charge in [0, 0.05) is 18.3 Å². The second-order valence-corrected chi connectivity index (χ2v) is 7.19. The van der Waals surface area contributed by atoms with Crippen molar-refractivity contribution in [3.05, 3.63) is 96.8 Å². The SMILES string of the molecule is NCc1cccc(-n2nc(N)c3c(-c4ccc(Oc5ccccc5)cc4)cncc32)c1. The molecule has 0 bridgehead atoms. The minimum atomic E-state index is 0.454. The van der Waals surface area contributed by atoms with Gasteiger partial charge in [-0.3, -0.25) is 4.98 Å². The summed E-state index contributed by atoms with van der Waals surface area (Å²) in [5.74, 6) is 2.01. The van der Waals surface area contributed by atoms with E-state index in [2.05, 4.69) is 10.1 Å². The van der Waals surface area contributed by atoms with E-state index < -0.39 is 0 Å². The Morgan fingerprint density at radius 1 is 0.839 bits per heavy atom. The van der Waals surface area contributed by atoms with Crippen molar-refractivity contribution in [2.75, 3.05) is 5.73 Å². The molecule has 5 rings (SSSR count). The number of anilines is 1. The van der Waals surface area contributed by atoms with Crippen LogP contribution in [0.25, 0.3) is 27.7 Å². The molecule has 5 aromatic rings. The molecule has 6 nitrogen and oxygen atoms in total. The first-order valence-corrected chi connectivity index (χ1v) is 9.98. The maximum atomic E-state index is 6.35. The lowest BCUT2D eigenvalue weighted by molar-refractivity contribution is 0.483. The van der Waals surface area contributed by atoms with Crippen LogP contribution in [0, 0.1) is 0 Å². The Balaban J connectivity index is 1.54. The average Bonchev–Trinajstić information content (AvgIpc) is 3.17. The molecule has 2 aromatic heterocycles. The van der Waals surface area contributed by atoms with Crippen molar-refractivity contribution in [3.8, 4) is 28.3 Å². The standard InChI is InChI=1S/C25H21N5O/c26-14-17-5-4-6-19(13-17)30-23-16-28-15-22(24(23)25(27)29-30)18-9-11-21(12-10-18)31-20-7-2-1-3-8-20/h1-13,15-16H,14,26H2,(H2,27,29). The van der Waals surface area contributed by atoms with E-state index in [0.29, 0.717) is 12.4 Å². The number of aromatic nitrogens is 3. The Labute approximate surface area is 179 Å². The van der Waals surface area contributed by atoms with Gasteiger partial charge in [0.15, 0.2) is 5.82 Å². The first-order valence-electron chi connectivity index (χ1n) is 9.98. The van der Waals surface area contributed by atoms with E-state index in [-0.39, 0.29) is 0 Å².